The number of hydrogen-bond acceptors (Lipinski definition) is 3. The van der Waals surface area contributed by atoms with Gasteiger partial charge in [0, 0.05) is 6.04 Å². The molecule has 0 aliphatic heterocycles. The van der Waals surface area contributed by atoms with E-state index in [-0.39, 0.29) is 0 Å². The van der Waals surface area contributed by atoms with Gasteiger partial charge in [-0.25, -0.2) is 4.99 Å². The van der Waals surface area contributed by atoms with Gasteiger partial charge in [-0.2, -0.15) is 0 Å². The fraction of sp³-hybridized carbons (Fsp3) is 0.714. The van der Waals surface area contributed by atoms with Crippen LogP contribution in [0.25, 0.3) is 0 Å². The standard InChI is InChI=1S/C7H11N3S2/c8-7(12)10-6-2-1-5(3-6)9-4-11/h5-6H,1-3H2,(H3,8,10,12). The molecule has 0 amide bonds. The average Bonchev–Trinajstić information content (AvgIpc) is 2.36. The van der Waals surface area contributed by atoms with Crippen molar-refractivity contribution in [2.75, 3.05) is 0 Å². The van der Waals surface area contributed by atoms with Gasteiger partial charge in [-0.05, 0) is 43.7 Å². The number of rotatable bonds is 2. The molecule has 1 fully saturated rings. The molecule has 0 aromatic rings. The van der Waals surface area contributed by atoms with Crippen LogP contribution in [-0.2, 0) is 0 Å². The number of isothiocyanates is 1. The Kier molecular flexibility index (Phi) is 3.59. The van der Waals surface area contributed by atoms with Gasteiger partial charge in [0.25, 0.3) is 0 Å². The Bertz CT molecular complexity index is 223. The summed E-state index contributed by atoms with van der Waals surface area (Å²) in [6.45, 7) is 0. The summed E-state index contributed by atoms with van der Waals surface area (Å²) in [4.78, 5) is 4.02. The zero-order chi connectivity index (χ0) is 8.97. The third-order valence-electron chi connectivity index (χ3n) is 1.99. The molecular weight excluding hydrogens is 190 g/mol. The summed E-state index contributed by atoms with van der Waals surface area (Å²) >= 11 is 9.26. The van der Waals surface area contributed by atoms with Crippen molar-refractivity contribution >= 4 is 34.7 Å². The maximum Gasteiger partial charge on any atom is 0.163 e. The van der Waals surface area contributed by atoms with Gasteiger partial charge in [0.2, 0.25) is 0 Å². The lowest BCUT2D eigenvalue weighted by Crippen LogP contribution is -2.36. The minimum absolute atomic E-state index is 0.314. The Morgan fingerprint density at radius 3 is 2.92 bits per heavy atom. The summed E-state index contributed by atoms with van der Waals surface area (Å²) in [6, 6.07) is 0.689. The van der Waals surface area contributed by atoms with E-state index in [1.165, 1.54) is 0 Å². The smallest absolute Gasteiger partial charge is 0.163 e. The van der Waals surface area contributed by atoms with Crippen molar-refractivity contribution in [2.45, 2.75) is 31.3 Å². The van der Waals surface area contributed by atoms with Gasteiger partial charge in [-0.15, -0.1) is 0 Å². The van der Waals surface area contributed by atoms with E-state index in [4.69, 9.17) is 18.0 Å². The van der Waals surface area contributed by atoms with Gasteiger partial charge in [0.15, 0.2) is 5.11 Å². The van der Waals surface area contributed by atoms with Crippen LogP contribution in [0.3, 0.4) is 0 Å². The van der Waals surface area contributed by atoms with Gasteiger partial charge in [0.05, 0.1) is 11.2 Å². The second-order valence-electron chi connectivity index (χ2n) is 2.89. The second kappa shape index (κ2) is 4.50. The predicted molar refractivity (Wildman–Crippen MR) is 56.4 cm³/mol. The average molecular weight is 201 g/mol. The highest BCUT2D eigenvalue weighted by Gasteiger charge is 2.23. The molecule has 1 saturated carbocycles. The predicted octanol–water partition coefficient (Wildman–Crippen LogP) is 0.844. The highest BCUT2D eigenvalue weighted by Crippen LogP contribution is 2.21. The van der Waals surface area contributed by atoms with E-state index in [1.54, 1.807) is 0 Å². The zero-order valence-corrected chi connectivity index (χ0v) is 8.25. The second-order valence-corrected chi connectivity index (χ2v) is 3.52. The molecule has 3 N–H and O–H groups in total. The van der Waals surface area contributed by atoms with Crippen molar-refractivity contribution in [1.82, 2.24) is 5.32 Å². The van der Waals surface area contributed by atoms with Gasteiger partial charge >= 0.3 is 0 Å². The first-order chi connectivity index (χ1) is 5.72. The number of nitrogens with one attached hydrogen (secondary N) is 1. The van der Waals surface area contributed by atoms with Gasteiger partial charge in [-0.3, -0.25) is 0 Å². The Balaban J connectivity index is 2.35. The molecule has 1 aliphatic carbocycles. The van der Waals surface area contributed by atoms with Gasteiger partial charge in [0.1, 0.15) is 0 Å². The summed E-state index contributed by atoms with van der Waals surface area (Å²) in [6.07, 6.45) is 3.06. The monoisotopic (exact) mass is 201 g/mol. The van der Waals surface area contributed by atoms with E-state index in [1.807, 2.05) is 0 Å². The Labute approximate surface area is 82.4 Å². The lowest BCUT2D eigenvalue weighted by atomic mass is 10.2. The molecule has 0 radical (unpaired) electrons. The third-order valence-corrected chi connectivity index (χ3v) is 2.21. The van der Waals surface area contributed by atoms with Gasteiger partial charge < -0.3 is 11.1 Å². The van der Waals surface area contributed by atoms with E-state index in [0.29, 0.717) is 17.2 Å². The van der Waals surface area contributed by atoms with Crippen molar-refractivity contribution in [3.05, 3.63) is 0 Å². The first-order valence-corrected chi connectivity index (χ1v) is 4.67. The normalized spacial score (nSPS) is 27.7. The van der Waals surface area contributed by atoms with Crippen LogP contribution in [0.4, 0.5) is 0 Å². The maximum atomic E-state index is 5.35. The van der Waals surface area contributed by atoms with Crippen molar-refractivity contribution in [3.8, 4) is 0 Å². The van der Waals surface area contributed by atoms with Crippen molar-refractivity contribution in [1.29, 1.82) is 0 Å². The number of hydrogen-bond donors (Lipinski definition) is 2. The summed E-state index contributed by atoms with van der Waals surface area (Å²) in [7, 11) is 0. The molecule has 2 atom stereocenters. The molecule has 0 aromatic heterocycles. The molecule has 1 rings (SSSR count). The molecule has 5 heteroatoms. The molecule has 66 valence electrons. The van der Waals surface area contributed by atoms with Gasteiger partial charge in [-0.1, -0.05) is 0 Å². The molecule has 1 aliphatic rings. The highest BCUT2D eigenvalue weighted by atomic mass is 32.1. The molecule has 0 aromatic carbocycles. The lowest BCUT2D eigenvalue weighted by Gasteiger charge is -2.10. The molecule has 0 heterocycles. The molecular formula is C7H11N3S2. The number of nitrogens with two attached hydrogens (primary N) is 1. The largest absolute Gasteiger partial charge is 0.376 e. The maximum absolute atomic E-state index is 5.35. The van der Waals surface area contributed by atoms with Crippen molar-refractivity contribution in [2.24, 2.45) is 10.7 Å². The van der Waals surface area contributed by atoms with Crippen molar-refractivity contribution < 1.29 is 0 Å². The number of nitrogens with zero attached hydrogens (tertiary/aromatic N) is 1. The van der Waals surface area contributed by atoms with Crippen LogP contribution in [0.15, 0.2) is 4.99 Å². The first kappa shape index (κ1) is 9.58. The topological polar surface area (TPSA) is 50.4 Å². The minimum Gasteiger partial charge on any atom is -0.376 e. The van der Waals surface area contributed by atoms with Crippen LogP contribution < -0.4 is 11.1 Å². The molecule has 0 saturated heterocycles. The van der Waals surface area contributed by atoms with E-state index in [0.717, 1.165) is 19.3 Å². The van der Waals surface area contributed by atoms with Crippen LogP contribution in [0.2, 0.25) is 0 Å². The minimum atomic E-state index is 0.314. The molecule has 0 spiro atoms. The molecule has 2 unspecified atom stereocenters. The number of thiocarbonyl (C=S) groups is 2. The zero-order valence-electron chi connectivity index (χ0n) is 6.62. The van der Waals surface area contributed by atoms with Crippen LogP contribution >= 0.6 is 24.4 Å². The quantitative estimate of drug-likeness (QED) is 0.513. The number of aliphatic imine (C=N–C) groups is 1. The Morgan fingerprint density at radius 1 is 1.58 bits per heavy atom. The summed E-state index contributed by atoms with van der Waals surface area (Å²) in [5, 5.41) is 5.79. The van der Waals surface area contributed by atoms with E-state index in [9.17, 15) is 0 Å². The van der Waals surface area contributed by atoms with E-state index < -0.39 is 0 Å². The van der Waals surface area contributed by atoms with E-state index in [2.05, 4.69) is 27.7 Å². The highest BCUT2D eigenvalue weighted by molar-refractivity contribution is 7.80. The van der Waals surface area contributed by atoms with Crippen LogP contribution in [-0.4, -0.2) is 22.4 Å². The van der Waals surface area contributed by atoms with Crippen LogP contribution in [0.1, 0.15) is 19.3 Å². The fourth-order valence-corrected chi connectivity index (χ4v) is 1.80. The molecule has 3 nitrogen and oxygen atoms in total. The van der Waals surface area contributed by atoms with Crippen molar-refractivity contribution in [3.63, 3.8) is 0 Å². The fourth-order valence-electron chi connectivity index (χ4n) is 1.48. The molecule has 0 bridgehead atoms. The lowest BCUT2D eigenvalue weighted by molar-refractivity contribution is 0.616. The third kappa shape index (κ3) is 2.85. The molecule has 12 heavy (non-hydrogen) atoms. The van der Waals surface area contributed by atoms with E-state index >= 15 is 0 Å². The summed E-state index contributed by atoms with van der Waals surface area (Å²) < 4.78 is 0. The Morgan fingerprint density at radius 2 is 2.33 bits per heavy atom. The van der Waals surface area contributed by atoms with Crippen LogP contribution in [0, 0.1) is 0 Å². The van der Waals surface area contributed by atoms with Crippen LogP contribution in [0.5, 0.6) is 0 Å². The Hall–Kier alpha value is -0.510. The SMILES string of the molecule is NC(=S)NC1CCC(N=C=S)C1. The first-order valence-electron chi connectivity index (χ1n) is 3.85. The summed E-state index contributed by atoms with van der Waals surface area (Å²) in [5.41, 5.74) is 5.35. The summed E-state index contributed by atoms with van der Waals surface area (Å²) in [5.74, 6) is 0.